The topological polar surface area (TPSA) is 87.9 Å². The van der Waals surface area contributed by atoms with Gasteiger partial charge in [-0.05, 0) is 31.2 Å². The Labute approximate surface area is 199 Å². The first-order chi connectivity index (χ1) is 14.6. The minimum absolute atomic E-state index is 0. The monoisotopic (exact) mass is 539 g/mol. The van der Waals surface area contributed by atoms with Crippen molar-refractivity contribution in [1.82, 2.24) is 25.0 Å². The third kappa shape index (κ3) is 5.86. The summed E-state index contributed by atoms with van der Waals surface area (Å²) in [5, 5.41) is 7.49. The van der Waals surface area contributed by atoms with Crippen molar-refractivity contribution in [2.24, 2.45) is 12.0 Å². The number of piperazine rings is 1. The molecule has 0 spiro atoms. The molecule has 0 unspecified atom stereocenters. The molecule has 4 rings (SSSR count). The van der Waals surface area contributed by atoms with Gasteiger partial charge in [-0.15, -0.1) is 24.0 Å². The number of pyridine rings is 1. The van der Waals surface area contributed by atoms with E-state index in [1.54, 1.807) is 22.8 Å². The molecule has 2 aromatic rings. The summed E-state index contributed by atoms with van der Waals surface area (Å²) in [4.78, 5) is 25.1. The Morgan fingerprint density at radius 1 is 1.26 bits per heavy atom. The normalized spacial score (nSPS) is 17.6. The summed E-state index contributed by atoms with van der Waals surface area (Å²) in [6.45, 7) is 2.16. The number of carbonyl (C=O) groups is 1. The molecule has 2 aromatic heterocycles. The smallest absolute Gasteiger partial charge is 0.246 e. The second-order valence-corrected chi connectivity index (χ2v) is 7.77. The lowest BCUT2D eigenvalue weighted by Gasteiger charge is -2.35. The molecule has 31 heavy (non-hydrogen) atoms. The Balaban J connectivity index is 0.00000272. The molecule has 10 heteroatoms. The van der Waals surface area contributed by atoms with Crippen LogP contribution >= 0.6 is 24.0 Å². The van der Waals surface area contributed by atoms with Crippen LogP contribution in [-0.2, 0) is 18.4 Å². The number of aromatic nitrogens is 3. The van der Waals surface area contributed by atoms with E-state index >= 15 is 0 Å². The Morgan fingerprint density at radius 3 is 2.68 bits per heavy atom. The van der Waals surface area contributed by atoms with Crippen molar-refractivity contribution in [2.75, 3.05) is 31.6 Å². The van der Waals surface area contributed by atoms with E-state index in [1.165, 1.54) is 12.8 Å². The highest BCUT2D eigenvalue weighted by Gasteiger charge is 2.27. The third-order valence-electron chi connectivity index (χ3n) is 5.57. The van der Waals surface area contributed by atoms with E-state index in [0.717, 1.165) is 24.1 Å². The molecule has 0 bridgehead atoms. The quantitative estimate of drug-likeness (QED) is 0.356. The van der Waals surface area contributed by atoms with Crippen LogP contribution in [0, 0.1) is 0 Å². The molecule has 168 valence electrons. The number of halogens is 1. The number of anilines is 1. The van der Waals surface area contributed by atoms with E-state index in [-0.39, 0.29) is 36.4 Å². The molecule has 0 aromatic carbocycles. The summed E-state index contributed by atoms with van der Waals surface area (Å²) in [6.07, 6.45) is 10.4. The predicted octanol–water partition coefficient (Wildman–Crippen LogP) is 2.18. The summed E-state index contributed by atoms with van der Waals surface area (Å²) in [5.41, 5.74) is 1.87. The van der Waals surface area contributed by atoms with Gasteiger partial charge in [0.2, 0.25) is 11.8 Å². The highest BCUT2D eigenvalue weighted by atomic mass is 127. The van der Waals surface area contributed by atoms with Crippen LogP contribution in [0.15, 0.2) is 35.7 Å². The lowest BCUT2D eigenvalue weighted by Crippen LogP contribution is -2.55. The molecule has 1 saturated carbocycles. The number of guanidine groups is 1. The van der Waals surface area contributed by atoms with Gasteiger partial charge in [-0.3, -0.25) is 14.5 Å². The van der Waals surface area contributed by atoms with Crippen LogP contribution in [0.5, 0.6) is 5.88 Å². The van der Waals surface area contributed by atoms with Crippen molar-refractivity contribution in [1.29, 1.82) is 0 Å². The molecule has 2 aliphatic rings. The van der Waals surface area contributed by atoms with Gasteiger partial charge in [0, 0.05) is 52.2 Å². The Bertz CT molecular complexity index is 893. The highest BCUT2D eigenvalue weighted by molar-refractivity contribution is 14.0. The predicted molar refractivity (Wildman–Crippen MR) is 130 cm³/mol. The third-order valence-corrected chi connectivity index (χ3v) is 5.57. The highest BCUT2D eigenvalue weighted by Crippen LogP contribution is 2.23. The van der Waals surface area contributed by atoms with Crippen molar-refractivity contribution in [3.8, 4) is 5.88 Å². The molecule has 1 amide bonds. The number of rotatable bonds is 5. The second kappa shape index (κ2) is 10.8. The van der Waals surface area contributed by atoms with Crippen molar-refractivity contribution < 1.29 is 9.53 Å². The summed E-state index contributed by atoms with van der Waals surface area (Å²) >= 11 is 0. The van der Waals surface area contributed by atoms with Gasteiger partial charge in [0.05, 0.1) is 11.9 Å². The molecular weight excluding hydrogens is 509 g/mol. The first-order valence-corrected chi connectivity index (χ1v) is 10.5. The fourth-order valence-corrected chi connectivity index (χ4v) is 3.95. The SMILES string of the molecule is CN=C(NCc1ccc(OC2CCCC2)nc1)N1CCN(c2cnn(C)c2)C(=O)C1.I. The number of aliphatic imine (C=N–C) groups is 1. The Morgan fingerprint density at radius 2 is 2.06 bits per heavy atom. The number of nitrogens with one attached hydrogen (secondary N) is 1. The van der Waals surface area contributed by atoms with Gasteiger partial charge in [-0.1, -0.05) is 6.07 Å². The van der Waals surface area contributed by atoms with Crippen LogP contribution in [0.4, 0.5) is 5.69 Å². The largest absolute Gasteiger partial charge is 0.474 e. The average Bonchev–Trinajstić information content (AvgIpc) is 3.41. The first-order valence-electron chi connectivity index (χ1n) is 10.5. The zero-order valence-corrected chi connectivity index (χ0v) is 20.4. The Kier molecular flexibility index (Phi) is 8.10. The zero-order chi connectivity index (χ0) is 20.9. The molecule has 1 saturated heterocycles. The lowest BCUT2D eigenvalue weighted by molar-refractivity contribution is -0.120. The standard InChI is InChI=1S/C21H29N7O2.HI/c1-22-21(27-9-10-28(20(29)15-27)17-13-25-26(2)14-17)24-12-16-7-8-19(23-11-16)30-18-5-3-4-6-18;/h7-8,11,13-14,18H,3-6,9-10,12,15H2,1-2H3,(H,22,24);1H. The minimum Gasteiger partial charge on any atom is -0.474 e. The summed E-state index contributed by atoms with van der Waals surface area (Å²) in [7, 11) is 3.58. The van der Waals surface area contributed by atoms with Crippen molar-refractivity contribution in [3.05, 3.63) is 36.3 Å². The van der Waals surface area contributed by atoms with Gasteiger partial charge < -0.3 is 19.9 Å². The van der Waals surface area contributed by atoms with Crippen LogP contribution in [0.2, 0.25) is 0 Å². The minimum atomic E-state index is 0. The number of amides is 1. The van der Waals surface area contributed by atoms with Crippen LogP contribution in [0.25, 0.3) is 0 Å². The number of hydrogen-bond acceptors (Lipinski definition) is 5. The van der Waals surface area contributed by atoms with E-state index in [9.17, 15) is 4.79 Å². The fourth-order valence-electron chi connectivity index (χ4n) is 3.95. The zero-order valence-electron chi connectivity index (χ0n) is 18.0. The van der Waals surface area contributed by atoms with E-state index in [1.807, 2.05) is 36.5 Å². The van der Waals surface area contributed by atoms with E-state index in [2.05, 4.69) is 20.4 Å². The maximum absolute atomic E-state index is 12.6. The van der Waals surface area contributed by atoms with Gasteiger partial charge >= 0.3 is 0 Å². The number of ether oxygens (including phenoxy) is 1. The maximum Gasteiger partial charge on any atom is 0.246 e. The van der Waals surface area contributed by atoms with Crippen LogP contribution < -0.4 is 15.0 Å². The fraction of sp³-hybridized carbons (Fsp3) is 0.524. The van der Waals surface area contributed by atoms with Gasteiger partial charge in [0.25, 0.3) is 0 Å². The van der Waals surface area contributed by atoms with Gasteiger partial charge in [0.1, 0.15) is 12.6 Å². The van der Waals surface area contributed by atoms with Gasteiger partial charge in [0.15, 0.2) is 5.96 Å². The number of carbonyl (C=O) groups excluding carboxylic acids is 1. The van der Waals surface area contributed by atoms with E-state index < -0.39 is 0 Å². The number of hydrogen-bond donors (Lipinski definition) is 1. The molecule has 1 N–H and O–H groups in total. The van der Waals surface area contributed by atoms with Crippen LogP contribution in [-0.4, -0.2) is 64.3 Å². The molecule has 3 heterocycles. The molecule has 1 aliphatic heterocycles. The summed E-state index contributed by atoms with van der Waals surface area (Å²) in [6, 6.07) is 3.94. The summed E-state index contributed by atoms with van der Waals surface area (Å²) < 4.78 is 7.62. The number of aryl methyl sites for hydroxylation is 1. The molecule has 0 atom stereocenters. The molecule has 9 nitrogen and oxygen atoms in total. The molecule has 2 fully saturated rings. The summed E-state index contributed by atoms with van der Waals surface area (Å²) in [5.74, 6) is 1.43. The van der Waals surface area contributed by atoms with Crippen molar-refractivity contribution >= 4 is 41.5 Å². The Hall–Kier alpha value is -2.37. The van der Waals surface area contributed by atoms with Crippen LogP contribution in [0.1, 0.15) is 31.2 Å². The van der Waals surface area contributed by atoms with Crippen molar-refractivity contribution in [2.45, 2.75) is 38.3 Å². The second-order valence-electron chi connectivity index (χ2n) is 7.77. The van der Waals surface area contributed by atoms with E-state index in [4.69, 9.17) is 4.74 Å². The van der Waals surface area contributed by atoms with Gasteiger partial charge in [-0.25, -0.2) is 4.98 Å². The van der Waals surface area contributed by atoms with Crippen LogP contribution in [0.3, 0.4) is 0 Å². The van der Waals surface area contributed by atoms with E-state index in [0.29, 0.717) is 37.6 Å². The number of nitrogens with zero attached hydrogens (tertiary/aromatic N) is 6. The maximum atomic E-state index is 12.6. The molecular formula is C21H30IN7O2. The molecule has 0 radical (unpaired) electrons. The first kappa shape index (κ1) is 23.3. The lowest BCUT2D eigenvalue weighted by atomic mass is 10.2. The molecule has 1 aliphatic carbocycles. The van der Waals surface area contributed by atoms with Crippen molar-refractivity contribution in [3.63, 3.8) is 0 Å². The average molecular weight is 539 g/mol. The van der Waals surface area contributed by atoms with Gasteiger partial charge in [-0.2, -0.15) is 5.10 Å².